The van der Waals surface area contributed by atoms with E-state index in [-0.39, 0.29) is 23.6 Å². The molecule has 10 heteroatoms. The van der Waals surface area contributed by atoms with Crippen molar-refractivity contribution in [3.63, 3.8) is 0 Å². The van der Waals surface area contributed by atoms with Crippen molar-refractivity contribution in [2.75, 3.05) is 31.1 Å². The molecule has 1 N–H and O–H groups in total. The van der Waals surface area contributed by atoms with Gasteiger partial charge in [0.1, 0.15) is 11.4 Å². The van der Waals surface area contributed by atoms with Gasteiger partial charge in [-0.3, -0.25) is 4.79 Å². The zero-order valence-electron chi connectivity index (χ0n) is 22.5. The van der Waals surface area contributed by atoms with E-state index in [1.807, 2.05) is 47.4 Å². The number of piperazine rings is 1. The summed E-state index contributed by atoms with van der Waals surface area (Å²) in [7, 11) is 0. The first-order chi connectivity index (χ1) is 20.0. The summed E-state index contributed by atoms with van der Waals surface area (Å²) in [5, 5.41) is 11.5. The van der Waals surface area contributed by atoms with E-state index in [2.05, 4.69) is 27.8 Å². The molecular weight excluding hydrogens is 523 g/mol. The Labute approximate surface area is 235 Å². The molecule has 1 aliphatic rings. The largest absolute Gasteiger partial charge is 0.462 e. The Morgan fingerprint density at radius 1 is 1.12 bits per heavy atom. The number of nitrogens with zero attached hydrogens (tertiary/aromatic N) is 5. The molecule has 0 radical (unpaired) electrons. The Balaban J connectivity index is 1.44. The van der Waals surface area contributed by atoms with Gasteiger partial charge >= 0.3 is 5.97 Å². The van der Waals surface area contributed by atoms with Gasteiger partial charge in [0.25, 0.3) is 0 Å². The maximum atomic E-state index is 15.7. The minimum atomic E-state index is -0.742. The van der Waals surface area contributed by atoms with Crippen LogP contribution in [0.4, 0.5) is 10.1 Å². The van der Waals surface area contributed by atoms with Gasteiger partial charge in [0.2, 0.25) is 5.43 Å². The van der Waals surface area contributed by atoms with Gasteiger partial charge in [-0.1, -0.05) is 47.7 Å². The maximum absolute atomic E-state index is 15.7. The molecule has 0 amide bonds. The maximum Gasteiger partial charge on any atom is 0.343 e. The van der Waals surface area contributed by atoms with Crippen molar-refractivity contribution in [2.24, 2.45) is 0 Å². The van der Waals surface area contributed by atoms with Gasteiger partial charge in [0.15, 0.2) is 0 Å². The van der Waals surface area contributed by atoms with Crippen LogP contribution in [0.2, 0.25) is 0 Å². The van der Waals surface area contributed by atoms with Crippen molar-refractivity contribution >= 4 is 22.6 Å². The molecule has 2 aromatic heterocycles. The second-order valence-electron chi connectivity index (χ2n) is 9.91. The Kier molecular flexibility index (Phi) is 7.30. The lowest BCUT2D eigenvalue weighted by Crippen LogP contribution is -2.46. The van der Waals surface area contributed by atoms with Crippen molar-refractivity contribution < 1.29 is 13.9 Å². The number of benzene rings is 3. The molecule has 1 aliphatic heterocycles. The number of hydrogen-bond acceptors (Lipinski definition) is 7. The third kappa shape index (κ3) is 5.33. The molecule has 0 spiro atoms. The van der Waals surface area contributed by atoms with Crippen LogP contribution in [-0.4, -0.2) is 51.8 Å². The van der Waals surface area contributed by atoms with Gasteiger partial charge in [0.05, 0.1) is 30.6 Å². The average molecular weight is 553 g/mol. The average Bonchev–Trinajstić information content (AvgIpc) is 3.52. The van der Waals surface area contributed by atoms with Crippen molar-refractivity contribution in [1.82, 2.24) is 24.9 Å². The fraction of sp³-hybridized carbons (Fsp3) is 0.226. The number of aromatic nitrogens is 4. The fourth-order valence-corrected chi connectivity index (χ4v) is 5.29. The number of nitrogens with one attached hydrogen (secondary N) is 1. The second-order valence-corrected chi connectivity index (χ2v) is 9.91. The Hall–Kier alpha value is -4.83. The molecule has 9 nitrogen and oxygen atoms in total. The van der Waals surface area contributed by atoms with Gasteiger partial charge < -0.3 is 19.5 Å². The van der Waals surface area contributed by atoms with Gasteiger partial charge in [-0.25, -0.2) is 13.9 Å². The normalized spacial score (nSPS) is 15.3. The second kappa shape index (κ2) is 11.3. The SMILES string of the molecule is CCOC(=O)c1cn(-c2ccc(Cn3ccnn3)cc2)c2cc(N3CCNC(c4ccccc4)C3)c(F)cc2c1=O. The highest BCUT2D eigenvalue weighted by molar-refractivity contribution is 5.95. The van der Waals surface area contributed by atoms with E-state index in [1.54, 1.807) is 34.6 Å². The topological polar surface area (TPSA) is 94.3 Å². The van der Waals surface area contributed by atoms with Crippen LogP contribution < -0.4 is 15.6 Å². The molecule has 1 fully saturated rings. The standard InChI is InChI=1S/C31H29FN6O3/c1-2-41-31(40)25-19-38(23-10-8-21(9-11-23)18-37-15-13-34-35-37)28-17-29(26(32)16-24(28)30(25)39)36-14-12-33-27(20-36)22-6-4-3-5-7-22/h3-11,13,15-17,19,27,33H,2,12,14,18,20H2,1H3. The third-order valence-electron chi connectivity index (χ3n) is 7.32. The van der Waals surface area contributed by atoms with Crippen LogP contribution in [0.15, 0.2) is 90.1 Å². The molecule has 41 heavy (non-hydrogen) atoms. The number of carbonyl (C=O) groups is 1. The predicted molar refractivity (Wildman–Crippen MR) is 154 cm³/mol. The summed E-state index contributed by atoms with van der Waals surface area (Å²) in [5.74, 6) is -1.26. The number of hydrogen-bond donors (Lipinski definition) is 1. The van der Waals surface area contributed by atoms with E-state index in [1.165, 1.54) is 12.3 Å². The number of rotatable bonds is 7. The smallest absolute Gasteiger partial charge is 0.343 e. The lowest BCUT2D eigenvalue weighted by molar-refractivity contribution is 0.0524. The van der Waals surface area contributed by atoms with Gasteiger partial charge in [0, 0.05) is 49.1 Å². The lowest BCUT2D eigenvalue weighted by Gasteiger charge is -2.36. The number of carbonyl (C=O) groups excluding carboxylic acids is 1. The van der Waals surface area contributed by atoms with Crippen LogP contribution in [0.5, 0.6) is 0 Å². The van der Waals surface area contributed by atoms with Gasteiger partial charge in [-0.15, -0.1) is 5.10 Å². The monoisotopic (exact) mass is 552 g/mol. The molecule has 3 aromatic carbocycles. The molecule has 5 aromatic rings. The van der Waals surface area contributed by atoms with E-state index in [4.69, 9.17) is 4.74 Å². The molecule has 3 heterocycles. The first kappa shape index (κ1) is 26.4. The molecule has 1 unspecified atom stereocenters. The number of anilines is 1. The van der Waals surface area contributed by atoms with E-state index in [9.17, 15) is 9.59 Å². The molecular formula is C31H29FN6O3. The molecule has 0 aliphatic carbocycles. The van der Waals surface area contributed by atoms with Gasteiger partial charge in [-0.2, -0.15) is 0 Å². The molecule has 208 valence electrons. The summed E-state index contributed by atoms with van der Waals surface area (Å²) in [5.41, 5.74) is 3.02. The summed E-state index contributed by atoms with van der Waals surface area (Å²) in [6.07, 6.45) is 4.89. The predicted octanol–water partition coefficient (Wildman–Crippen LogP) is 4.10. The zero-order chi connectivity index (χ0) is 28.3. The lowest BCUT2D eigenvalue weighted by atomic mass is 10.0. The van der Waals surface area contributed by atoms with Crippen molar-refractivity contribution in [3.8, 4) is 5.69 Å². The van der Waals surface area contributed by atoms with Crippen molar-refractivity contribution in [1.29, 1.82) is 0 Å². The van der Waals surface area contributed by atoms with Gasteiger partial charge in [-0.05, 0) is 42.3 Å². The van der Waals surface area contributed by atoms with E-state index < -0.39 is 17.2 Å². The minimum absolute atomic E-state index is 0.0333. The van der Waals surface area contributed by atoms with Crippen LogP contribution >= 0.6 is 0 Å². The van der Waals surface area contributed by atoms with Crippen LogP contribution in [-0.2, 0) is 11.3 Å². The van der Waals surface area contributed by atoms with E-state index in [0.717, 1.165) is 11.1 Å². The zero-order valence-corrected chi connectivity index (χ0v) is 22.5. The Morgan fingerprint density at radius 3 is 2.66 bits per heavy atom. The van der Waals surface area contributed by atoms with Crippen LogP contribution in [0.1, 0.15) is 34.5 Å². The number of halogens is 1. The van der Waals surface area contributed by atoms with E-state index in [0.29, 0.717) is 43.1 Å². The summed E-state index contributed by atoms with van der Waals surface area (Å²) in [6, 6.07) is 20.7. The van der Waals surface area contributed by atoms with Crippen LogP contribution in [0.25, 0.3) is 16.6 Å². The number of pyridine rings is 1. The van der Waals surface area contributed by atoms with Crippen LogP contribution in [0, 0.1) is 5.82 Å². The molecule has 1 atom stereocenters. The Morgan fingerprint density at radius 2 is 1.93 bits per heavy atom. The van der Waals surface area contributed by atoms with Crippen molar-refractivity contribution in [2.45, 2.75) is 19.5 Å². The fourth-order valence-electron chi connectivity index (χ4n) is 5.29. The molecule has 0 bridgehead atoms. The molecule has 6 rings (SSSR count). The van der Waals surface area contributed by atoms with Crippen LogP contribution in [0.3, 0.4) is 0 Å². The number of esters is 1. The molecule has 1 saturated heterocycles. The minimum Gasteiger partial charge on any atom is -0.462 e. The van der Waals surface area contributed by atoms with Crippen molar-refractivity contribution in [3.05, 3.63) is 118 Å². The first-order valence-electron chi connectivity index (χ1n) is 13.5. The third-order valence-corrected chi connectivity index (χ3v) is 7.32. The summed E-state index contributed by atoms with van der Waals surface area (Å²) in [4.78, 5) is 28.1. The highest BCUT2D eigenvalue weighted by Gasteiger charge is 2.25. The quantitative estimate of drug-likeness (QED) is 0.304. The Bertz CT molecular complexity index is 1740. The summed E-state index contributed by atoms with van der Waals surface area (Å²) >= 11 is 0. The number of ether oxygens (including phenoxy) is 1. The van der Waals surface area contributed by atoms with E-state index >= 15 is 4.39 Å². The summed E-state index contributed by atoms with van der Waals surface area (Å²) in [6.45, 7) is 4.18. The molecule has 0 saturated carbocycles. The first-order valence-corrected chi connectivity index (χ1v) is 13.5. The highest BCUT2D eigenvalue weighted by Crippen LogP contribution is 2.30. The number of fused-ring (bicyclic) bond motifs is 1. The summed E-state index contributed by atoms with van der Waals surface area (Å²) < 4.78 is 24.3. The highest BCUT2D eigenvalue weighted by atomic mass is 19.1.